The van der Waals surface area contributed by atoms with Crippen LogP contribution >= 0.6 is 0 Å². The van der Waals surface area contributed by atoms with Gasteiger partial charge >= 0.3 is 6.03 Å². The molecule has 2 rings (SSSR count). The van der Waals surface area contributed by atoms with Crippen LogP contribution < -0.4 is 5.32 Å². The van der Waals surface area contributed by atoms with Crippen molar-refractivity contribution in [2.24, 2.45) is 11.8 Å². The number of hydrogen-bond donors (Lipinski definition) is 1. The van der Waals surface area contributed by atoms with Gasteiger partial charge in [0, 0.05) is 37.4 Å². The maximum atomic E-state index is 12.7. The Morgan fingerprint density at radius 3 is 2.00 bits per heavy atom. The predicted octanol–water partition coefficient (Wildman–Crippen LogP) is 2.86. The number of rotatable bonds is 7. The van der Waals surface area contributed by atoms with Crippen molar-refractivity contribution in [2.75, 3.05) is 26.2 Å². The number of hydrogen-bond acceptors (Lipinski definition) is 4. The second-order valence-corrected chi connectivity index (χ2v) is 8.70. The normalized spacial score (nSPS) is 20.7. The molecule has 27 heavy (non-hydrogen) atoms. The molecule has 2 amide bonds. The van der Waals surface area contributed by atoms with E-state index in [9.17, 15) is 14.4 Å². The summed E-state index contributed by atoms with van der Waals surface area (Å²) in [6.45, 7) is 11.1. The molecule has 154 valence electrons. The fourth-order valence-corrected chi connectivity index (χ4v) is 4.02. The largest absolute Gasteiger partial charge is 0.328 e. The summed E-state index contributed by atoms with van der Waals surface area (Å²) in [5, 5.41) is 2.85. The molecule has 6 nitrogen and oxygen atoms in total. The van der Waals surface area contributed by atoms with Gasteiger partial charge in [-0.1, -0.05) is 34.1 Å². The highest BCUT2D eigenvalue weighted by Crippen LogP contribution is 2.21. The minimum absolute atomic E-state index is 0.0121. The monoisotopic (exact) mass is 379 g/mol. The van der Waals surface area contributed by atoms with E-state index in [1.807, 2.05) is 27.7 Å². The SMILES string of the molecule is CC(C)C(=O)CC(NC(=O)N1CCC(N2CCCCC2)CC1)C(=O)C(C)C. The molecule has 6 heteroatoms. The molecular formula is C21H37N3O3. The summed E-state index contributed by atoms with van der Waals surface area (Å²) in [6, 6.07) is -0.347. The van der Waals surface area contributed by atoms with Gasteiger partial charge in [0.25, 0.3) is 0 Å². The maximum absolute atomic E-state index is 12.7. The highest BCUT2D eigenvalue weighted by Gasteiger charge is 2.31. The van der Waals surface area contributed by atoms with Gasteiger partial charge in [0.05, 0.1) is 6.04 Å². The van der Waals surface area contributed by atoms with Crippen LogP contribution in [-0.2, 0) is 9.59 Å². The quantitative estimate of drug-likeness (QED) is 0.738. The van der Waals surface area contributed by atoms with E-state index < -0.39 is 6.04 Å². The maximum Gasteiger partial charge on any atom is 0.317 e. The molecule has 0 aromatic rings. The Bertz CT molecular complexity index is 519. The Morgan fingerprint density at radius 1 is 0.889 bits per heavy atom. The van der Waals surface area contributed by atoms with E-state index in [0.29, 0.717) is 19.1 Å². The molecule has 2 saturated heterocycles. The lowest BCUT2D eigenvalue weighted by atomic mass is 9.94. The van der Waals surface area contributed by atoms with Crippen molar-refractivity contribution in [1.82, 2.24) is 15.1 Å². The molecule has 2 aliphatic rings. The topological polar surface area (TPSA) is 69.7 Å². The van der Waals surface area contributed by atoms with E-state index in [-0.39, 0.29) is 35.9 Å². The number of likely N-dealkylation sites (tertiary alicyclic amines) is 2. The Morgan fingerprint density at radius 2 is 1.48 bits per heavy atom. The second kappa shape index (κ2) is 10.2. The number of piperidine rings is 2. The summed E-state index contributed by atoms with van der Waals surface area (Å²) >= 11 is 0. The summed E-state index contributed by atoms with van der Waals surface area (Å²) < 4.78 is 0. The number of ketones is 2. The molecule has 2 fully saturated rings. The summed E-state index contributed by atoms with van der Waals surface area (Å²) in [4.78, 5) is 41.7. The van der Waals surface area contributed by atoms with Crippen molar-refractivity contribution in [3.05, 3.63) is 0 Å². The van der Waals surface area contributed by atoms with Gasteiger partial charge in [0.2, 0.25) is 0 Å². The van der Waals surface area contributed by atoms with E-state index in [1.165, 1.54) is 32.4 Å². The third-order valence-corrected chi connectivity index (χ3v) is 5.92. The number of carbonyl (C=O) groups is 3. The van der Waals surface area contributed by atoms with Crippen LogP contribution in [0.2, 0.25) is 0 Å². The number of nitrogens with zero attached hydrogens (tertiary/aromatic N) is 2. The number of urea groups is 1. The molecule has 0 saturated carbocycles. The number of nitrogens with one attached hydrogen (secondary N) is 1. The van der Waals surface area contributed by atoms with Crippen LogP contribution in [0.5, 0.6) is 0 Å². The molecule has 0 bridgehead atoms. The Kier molecular flexibility index (Phi) is 8.27. The number of carbonyl (C=O) groups excluding carboxylic acids is 3. The zero-order valence-electron chi connectivity index (χ0n) is 17.5. The average molecular weight is 380 g/mol. The fourth-order valence-electron chi connectivity index (χ4n) is 4.02. The van der Waals surface area contributed by atoms with Crippen LogP contribution in [-0.4, -0.2) is 65.7 Å². The summed E-state index contributed by atoms with van der Waals surface area (Å²) in [5.74, 6) is -0.400. The van der Waals surface area contributed by atoms with Crippen LogP contribution in [0, 0.1) is 11.8 Å². The Labute approximate surface area is 164 Å². The van der Waals surface area contributed by atoms with Crippen LogP contribution in [0.4, 0.5) is 4.79 Å². The van der Waals surface area contributed by atoms with Gasteiger partial charge in [-0.2, -0.15) is 0 Å². The first-order valence-corrected chi connectivity index (χ1v) is 10.7. The molecular weight excluding hydrogens is 342 g/mol. The van der Waals surface area contributed by atoms with Crippen LogP contribution in [0.1, 0.15) is 66.2 Å². The highest BCUT2D eigenvalue weighted by molar-refractivity contribution is 5.94. The molecule has 0 radical (unpaired) electrons. The molecule has 2 heterocycles. The van der Waals surface area contributed by atoms with Crippen LogP contribution in [0.15, 0.2) is 0 Å². The van der Waals surface area contributed by atoms with E-state index >= 15 is 0 Å². The first-order chi connectivity index (χ1) is 12.8. The highest BCUT2D eigenvalue weighted by atomic mass is 16.2. The van der Waals surface area contributed by atoms with Crippen LogP contribution in [0.3, 0.4) is 0 Å². The average Bonchev–Trinajstić information content (AvgIpc) is 2.67. The van der Waals surface area contributed by atoms with Crippen molar-refractivity contribution in [3.8, 4) is 0 Å². The molecule has 0 spiro atoms. The first kappa shape index (κ1) is 21.9. The van der Waals surface area contributed by atoms with Crippen molar-refractivity contribution < 1.29 is 14.4 Å². The molecule has 1 unspecified atom stereocenters. The Hall–Kier alpha value is -1.43. The van der Waals surface area contributed by atoms with E-state index in [2.05, 4.69) is 10.2 Å². The lowest BCUT2D eigenvalue weighted by Crippen LogP contribution is -2.54. The molecule has 0 aromatic heterocycles. The molecule has 2 aliphatic heterocycles. The first-order valence-electron chi connectivity index (χ1n) is 10.7. The van der Waals surface area contributed by atoms with E-state index in [4.69, 9.17) is 0 Å². The van der Waals surface area contributed by atoms with Gasteiger partial charge in [-0.15, -0.1) is 0 Å². The standard InChI is InChI=1S/C21H37N3O3/c1-15(2)19(25)14-18(20(26)16(3)4)22-21(27)24-12-8-17(9-13-24)23-10-6-5-7-11-23/h15-18H,5-14H2,1-4H3,(H,22,27). The van der Waals surface area contributed by atoms with Gasteiger partial charge in [-0.05, 0) is 38.8 Å². The zero-order valence-corrected chi connectivity index (χ0v) is 17.5. The summed E-state index contributed by atoms with van der Waals surface area (Å²) in [5.41, 5.74) is 0. The third-order valence-electron chi connectivity index (χ3n) is 5.92. The van der Waals surface area contributed by atoms with Gasteiger partial charge < -0.3 is 15.1 Å². The van der Waals surface area contributed by atoms with Crippen molar-refractivity contribution in [1.29, 1.82) is 0 Å². The fraction of sp³-hybridized carbons (Fsp3) is 0.857. The predicted molar refractivity (Wildman–Crippen MR) is 107 cm³/mol. The third kappa shape index (κ3) is 6.30. The lowest BCUT2D eigenvalue weighted by molar-refractivity contribution is -0.129. The van der Waals surface area contributed by atoms with Crippen molar-refractivity contribution in [2.45, 2.75) is 78.3 Å². The zero-order chi connectivity index (χ0) is 20.0. The van der Waals surface area contributed by atoms with Gasteiger partial charge in [-0.25, -0.2) is 4.79 Å². The van der Waals surface area contributed by atoms with Crippen molar-refractivity contribution >= 4 is 17.6 Å². The molecule has 0 aromatic carbocycles. The minimum atomic E-state index is -0.716. The summed E-state index contributed by atoms with van der Waals surface area (Å²) in [6.07, 6.45) is 5.96. The smallest absolute Gasteiger partial charge is 0.317 e. The number of amides is 2. The second-order valence-electron chi connectivity index (χ2n) is 8.70. The van der Waals surface area contributed by atoms with Gasteiger partial charge in [0.1, 0.15) is 5.78 Å². The van der Waals surface area contributed by atoms with E-state index in [1.54, 1.807) is 4.90 Å². The summed E-state index contributed by atoms with van der Waals surface area (Å²) in [7, 11) is 0. The Balaban J connectivity index is 1.89. The lowest BCUT2D eigenvalue weighted by Gasteiger charge is -2.40. The molecule has 1 N–H and O–H groups in total. The molecule has 0 aliphatic carbocycles. The van der Waals surface area contributed by atoms with Gasteiger partial charge in [0.15, 0.2) is 5.78 Å². The van der Waals surface area contributed by atoms with Crippen LogP contribution in [0.25, 0.3) is 0 Å². The van der Waals surface area contributed by atoms with Gasteiger partial charge in [-0.3, -0.25) is 9.59 Å². The van der Waals surface area contributed by atoms with Crippen molar-refractivity contribution in [3.63, 3.8) is 0 Å². The number of Topliss-reactive ketones (excluding diaryl/α,β-unsaturated/α-hetero) is 2. The van der Waals surface area contributed by atoms with E-state index in [0.717, 1.165) is 12.8 Å². The molecule has 1 atom stereocenters. The minimum Gasteiger partial charge on any atom is -0.328 e.